The van der Waals surface area contributed by atoms with Crippen LogP contribution in [0.4, 0.5) is 22.7 Å². The maximum Gasteiger partial charge on any atom is 0.138 e. The predicted molar refractivity (Wildman–Crippen MR) is 132 cm³/mol. The number of amidine groups is 1. The summed E-state index contributed by atoms with van der Waals surface area (Å²) in [6.45, 7) is 0. The summed E-state index contributed by atoms with van der Waals surface area (Å²) in [6.07, 6.45) is 0. The first-order valence-electron chi connectivity index (χ1n) is 10.2. The van der Waals surface area contributed by atoms with Gasteiger partial charge in [-0.2, -0.15) is 0 Å². The molecule has 0 bridgehead atoms. The number of H-pyrrole nitrogens is 1. The van der Waals surface area contributed by atoms with Crippen LogP contribution in [0.25, 0.3) is 22.4 Å². The second-order valence-electron chi connectivity index (χ2n) is 7.51. The number of para-hydroxylation sites is 2. The van der Waals surface area contributed by atoms with E-state index in [2.05, 4.69) is 51.3 Å². The summed E-state index contributed by atoms with van der Waals surface area (Å²) in [5.74, 6) is 0.686. The third-order valence-electron chi connectivity index (χ3n) is 5.35. The zero-order chi connectivity index (χ0) is 22.1. The maximum absolute atomic E-state index is 7.67. The molecule has 0 spiro atoms. The van der Waals surface area contributed by atoms with Gasteiger partial charge in [0.2, 0.25) is 0 Å². The highest BCUT2D eigenvalue weighted by Gasteiger charge is 2.14. The average Bonchev–Trinajstić information content (AvgIpc) is 3.26. The second kappa shape index (κ2) is 7.92. The van der Waals surface area contributed by atoms with Gasteiger partial charge in [-0.1, -0.05) is 36.4 Å². The largest absolute Gasteiger partial charge is 0.397 e. The molecule has 0 aliphatic rings. The zero-order valence-corrected chi connectivity index (χ0v) is 17.3. The normalized spacial score (nSPS) is 10.9. The lowest BCUT2D eigenvalue weighted by molar-refractivity contribution is 1.28. The number of nitrogens with one attached hydrogen (secondary N) is 2. The fraction of sp³-hybridized carbons (Fsp3) is 0. The van der Waals surface area contributed by atoms with Gasteiger partial charge in [0, 0.05) is 28.2 Å². The monoisotopic (exact) mass is 418 g/mol. The van der Waals surface area contributed by atoms with Crippen molar-refractivity contribution in [2.24, 2.45) is 5.73 Å². The van der Waals surface area contributed by atoms with Gasteiger partial charge >= 0.3 is 0 Å². The number of aromatic nitrogens is 2. The van der Waals surface area contributed by atoms with E-state index in [1.165, 1.54) is 0 Å². The molecule has 0 atom stereocenters. The van der Waals surface area contributed by atoms with Gasteiger partial charge in [-0.25, -0.2) is 4.98 Å². The summed E-state index contributed by atoms with van der Waals surface area (Å²) in [7, 11) is 0. The lowest BCUT2D eigenvalue weighted by Gasteiger charge is -2.25. The Labute approximate surface area is 185 Å². The molecule has 0 amide bonds. The summed E-state index contributed by atoms with van der Waals surface area (Å²) >= 11 is 0. The van der Waals surface area contributed by atoms with E-state index in [0.717, 1.165) is 28.1 Å². The van der Waals surface area contributed by atoms with Crippen LogP contribution >= 0.6 is 0 Å². The molecule has 0 aliphatic heterocycles. The molecule has 156 valence electrons. The molecule has 4 aromatic carbocycles. The minimum Gasteiger partial charge on any atom is -0.397 e. The number of rotatable bonds is 5. The number of fused-ring (bicyclic) bond motifs is 1. The number of aromatic amines is 1. The van der Waals surface area contributed by atoms with Gasteiger partial charge < -0.3 is 21.4 Å². The number of imidazole rings is 1. The molecule has 0 unspecified atom stereocenters. The molecule has 5 aromatic rings. The van der Waals surface area contributed by atoms with E-state index in [0.29, 0.717) is 22.6 Å². The number of benzene rings is 4. The molecule has 6 heteroatoms. The minimum atomic E-state index is -0.0268. The molecule has 1 heterocycles. The number of nitrogen functional groups attached to an aromatic ring is 2. The van der Waals surface area contributed by atoms with Crippen LogP contribution in [-0.2, 0) is 0 Å². The van der Waals surface area contributed by atoms with Gasteiger partial charge in [-0.15, -0.1) is 0 Å². The number of hydrogen-bond acceptors (Lipinski definition) is 4. The topological polar surface area (TPSA) is 108 Å². The quantitative estimate of drug-likeness (QED) is 0.170. The third-order valence-corrected chi connectivity index (χ3v) is 5.35. The maximum atomic E-state index is 7.67. The Hall–Kier alpha value is -4.58. The van der Waals surface area contributed by atoms with E-state index in [1.807, 2.05) is 48.5 Å². The summed E-state index contributed by atoms with van der Waals surface area (Å²) in [5.41, 5.74) is 18.4. The van der Waals surface area contributed by atoms with Crippen LogP contribution in [0.2, 0.25) is 0 Å². The molecule has 32 heavy (non-hydrogen) atoms. The van der Waals surface area contributed by atoms with Crippen LogP contribution in [0.1, 0.15) is 5.56 Å². The third kappa shape index (κ3) is 3.54. The van der Waals surface area contributed by atoms with Crippen LogP contribution in [-0.4, -0.2) is 15.8 Å². The molecule has 6 nitrogen and oxygen atoms in total. The van der Waals surface area contributed by atoms with Gasteiger partial charge in [-0.3, -0.25) is 5.41 Å². The fourth-order valence-corrected chi connectivity index (χ4v) is 3.81. The van der Waals surface area contributed by atoms with Crippen molar-refractivity contribution < 1.29 is 0 Å². The van der Waals surface area contributed by atoms with Crippen molar-refractivity contribution in [2.45, 2.75) is 0 Å². The van der Waals surface area contributed by atoms with Gasteiger partial charge in [0.1, 0.15) is 17.2 Å². The van der Waals surface area contributed by atoms with E-state index < -0.39 is 0 Å². The number of nitrogens with two attached hydrogens (primary N) is 2. The van der Waals surface area contributed by atoms with E-state index in [4.69, 9.17) is 16.9 Å². The average molecular weight is 419 g/mol. The van der Waals surface area contributed by atoms with Crippen LogP contribution < -0.4 is 16.4 Å². The number of nitrogens with zero attached hydrogens (tertiary/aromatic N) is 2. The first-order valence-corrected chi connectivity index (χ1v) is 10.2. The highest BCUT2D eigenvalue weighted by molar-refractivity contribution is 6.02. The molecule has 0 fully saturated rings. The molecule has 6 N–H and O–H groups in total. The van der Waals surface area contributed by atoms with E-state index in [9.17, 15) is 0 Å². The highest BCUT2D eigenvalue weighted by atomic mass is 15.1. The van der Waals surface area contributed by atoms with Crippen molar-refractivity contribution in [3.05, 3.63) is 103 Å². The van der Waals surface area contributed by atoms with E-state index in [-0.39, 0.29) is 5.84 Å². The number of anilines is 4. The Balaban J connectivity index is 1.54. The van der Waals surface area contributed by atoms with Crippen LogP contribution in [0.15, 0.2) is 97.1 Å². The van der Waals surface area contributed by atoms with Gasteiger partial charge in [-0.05, 0) is 60.7 Å². The van der Waals surface area contributed by atoms with E-state index in [1.54, 1.807) is 12.1 Å². The Morgan fingerprint density at radius 3 is 1.91 bits per heavy atom. The van der Waals surface area contributed by atoms with Crippen LogP contribution in [0.3, 0.4) is 0 Å². The second-order valence-corrected chi connectivity index (χ2v) is 7.51. The molecule has 0 aliphatic carbocycles. The molecular formula is C26H22N6. The van der Waals surface area contributed by atoms with Crippen molar-refractivity contribution in [1.82, 2.24) is 9.97 Å². The molecule has 1 aromatic heterocycles. The standard InChI is InChI=1S/C26H22N6/c27-22-15-18(25(28)29)16-23-24(22)31-26(30-23)17-11-13-21(14-12-17)32(19-7-3-1-4-8-19)20-9-5-2-6-10-20/h1-16H,27H2,(H3,28,29)(H,30,31). The Morgan fingerprint density at radius 2 is 1.34 bits per heavy atom. The molecular weight excluding hydrogens is 396 g/mol. The number of hydrogen-bond donors (Lipinski definition) is 4. The summed E-state index contributed by atoms with van der Waals surface area (Å²) in [4.78, 5) is 10.2. The van der Waals surface area contributed by atoms with Crippen molar-refractivity contribution in [1.29, 1.82) is 5.41 Å². The predicted octanol–water partition coefficient (Wildman–Crippen LogP) is 5.57. The Morgan fingerprint density at radius 1 is 0.781 bits per heavy atom. The van der Waals surface area contributed by atoms with Gasteiger partial charge in [0.25, 0.3) is 0 Å². The summed E-state index contributed by atoms with van der Waals surface area (Å²) < 4.78 is 0. The highest BCUT2D eigenvalue weighted by Crippen LogP contribution is 2.35. The zero-order valence-electron chi connectivity index (χ0n) is 17.3. The molecule has 0 radical (unpaired) electrons. The lowest BCUT2D eigenvalue weighted by Crippen LogP contribution is -2.11. The minimum absolute atomic E-state index is 0.0268. The van der Waals surface area contributed by atoms with Gasteiger partial charge in [0.05, 0.1) is 11.2 Å². The fourth-order valence-electron chi connectivity index (χ4n) is 3.81. The summed E-state index contributed by atoms with van der Waals surface area (Å²) in [5, 5.41) is 7.67. The van der Waals surface area contributed by atoms with Crippen molar-refractivity contribution in [2.75, 3.05) is 10.6 Å². The lowest BCUT2D eigenvalue weighted by atomic mass is 10.1. The molecule has 5 rings (SSSR count). The van der Waals surface area contributed by atoms with Crippen molar-refractivity contribution in [3.63, 3.8) is 0 Å². The Kier molecular flexibility index (Phi) is 4.80. The molecule has 0 saturated heterocycles. The SMILES string of the molecule is N=C(N)c1cc(N)c2nc(-c3ccc(N(c4ccccc4)c4ccccc4)cc3)[nH]c2c1. The summed E-state index contributed by atoms with van der Waals surface area (Å²) in [6, 6.07) is 32.2. The Bertz CT molecular complexity index is 1350. The first-order chi connectivity index (χ1) is 15.6. The van der Waals surface area contributed by atoms with Crippen molar-refractivity contribution >= 4 is 39.6 Å². The van der Waals surface area contributed by atoms with Crippen LogP contribution in [0.5, 0.6) is 0 Å². The molecule has 0 saturated carbocycles. The van der Waals surface area contributed by atoms with Crippen molar-refractivity contribution in [3.8, 4) is 11.4 Å². The van der Waals surface area contributed by atoms with E-state index >= 15 is 0 Å². The first kappa shape index (κ1) is 19.4. The van der Waals surface area contributed by atoms with Crippen LogP contribution in [0, 0.1) is 5.41 Å². The smallest absolute Gasteiger partial charge is 0.138 e. The van der Waals surface area contributed by atoms with Gasteiger partial charge in [0.15, 0.2) is 0 Å².